The third-order valence-electron chi connectivity index (χ3n) is 7.91. The zero-order valence-corrected chi connectivity index (χ0v) is 32.3. The number of carbonyl (C=O) groups excluding carboxylic acids is 4. The number of nitrogens with zero attached hydrogens (tertiary/aromatic N) is 2. The standard InChI is InChI=1S/C40H52N6O6/c1-37(2,3)29(45-33(47)35(49)51-39(7,8)9)31-41-21-27(43-31)25-17-13-23(14-18-25)24-15-19-26(20-16-24)28-22-42-32(44-28)30(38(4,5)6)46-34(48)36(50)52-40(10,11)12/h13-22,29-30H,1-12H3,(H,41,43)(H,42,44)(H,45,47)(H,46,48)/t29-,30-/m1/s1. The number of hydrogen-bond acceptors (Lipinski definition) is 8. The van der Waals surface area contributed by atoms with Crippen molar-refractivity contribution in [2.45, 2.75) is 106 Å². The molecule has 0 bridgehead atoms. The molecule has 2 atom stereocenters. The van der Waals surface area contributed by atoms with Gasteiger partial charge in [0, 0.05) is 0 Å². The van der Waals surface area contributed by atoms with Crippen LogP contribution in [0.3, 0.4) is 0 Å². The van der Waals surface area contributed by atoms with E-state index in [1.165, 1.54) is 0 Å². The predicted octanol–water partition coefficient (Wildman–Crippen LogP) is 7.22. The predicted molar refractivity (Wildman–Crippen MR) is 199 cm³/mol. The molecule has 4 N–H and O–H groups in total. The molecule has 0 saturated carbocycles. The highest BCUT2D eigenvalue weighted by Gasteiger charge is 2.35. The molecule has 0 unspecified atom stereocenters. The lowest BCUT2D eigenvalue weighted by Gasteiger charge is -2.30. The summed E-state index contributed by atoms with van der Waals surface area (Å²) in [5.74, 6) is -2.48. The normalized spacial score (nSPS) is 13.5. The summed E-state index contributed by atoms with van der Waals surface area (Å²) >= 11 is 0. The second kappa shape index (κ2) is 14.8. The lowest BCUT2D eigenvalue weighted by molar-refractivity contribution is -0.164. The van der Waals surface area contributed by atoms with Gasteiger partial charge in [-0.2, -0.15) is 0 Å². The molecule has 12 heteroatoms. The second-order valence-corrected chi connectivity index (χ2v) is 17.1. The number of benzene rings is 2. The molecule has 0 fully saturated rings. The second-order valence-electron chi connectivity index (χ2n) is 17.1. The minimum absolute atomic E-state index is 0.452. The van der Waals surface area contributed by atoms with Gasteiger partial charge in [0.15, 0.2) is 0 Å². The van der Waals surface area contributed by atoms with Crippen molar-refractivity contribution in [1.29, 1.82) is 0 Å². The highest BCUT2D eigenvalue weighted by atomic mass is 16.6. The monoisotopic (exact) mass is 712 g/mol. The molecule has 2 aromatic heterocycles. The number of carbonyl (C=O) groups is 4. The molecule has 0 spiro atoms. The summed E-state index contributed by atoms with van der Waals surface area (Å²) in [6.45, 7) is 22.0. The number of amides is 2. The number of nitrogens with one attached hydrogen (secondary N) is 4. The van der Waals surface area contributed by atoms with E-state index in [1.54, 1.807) is 53.9 Å². The molecule has 0 radical (unpaired) electrons. The van der Waals surface area contributed by atoms with Gasteiger partial charge in [-0.3, -0.25) is 9.59 Å². The highest BCUT2D eigenvalue weighted by molar-refractivity contribution is 6.33. The van der Waals surface area contributed by atoms with E-state index in [9.17, 15) is 19.2 Å². The fourth-order valence-corrected chi connectivity index (χ4v) is 5.36. The first-order chi connectivity index (χ1) is 23.9. The van der Waals surface area contributed by atoms with Crippen molar-refractivity contribution in [2.24, 2.45) is 10.8 Å². The van der Waals surface area contributed by atoms with Crippen molar-refractivity contribution in [3.8, 4) is 33.6 Å². The summed E-state index contributed by atoms with van der Waals surface area (Å²) in [7, 11) is 0. The molecule has 0 aliphatic heterocycles. The number of aromatic nitrogens is 4. The van der Waals surface area contributed by atoms with Crippen LogP contribution in [0.2, 0.25) is 0 Å². The van der Waals surface area contributed by atoms with E-state index in [4.69, 9.17) is 9.47 Å². The molecular weight excluding hydrogens is 660 g/mol. The van der Waals surface area contributed by atoms with E-state index in [0.717, 1.165) is 33.6 Å². The Balaban J connectivity index is 1.47. The van der Waals surface area contributed by atoms with Gasteiger partial charge in [0.05, 0.1) is 35.9 Å². The maximum atomic E-state index is 12.7. The van der Waals surface area contributed by atoms with Crippen molar-refractivity contribution in [2.75, 3.05) is 0 Å². The van der Waals surface area contributed by atoms with Gasteiger partial charge in [-0.15, -0.1) is 0 Å². The maximum Gasteiger partial charge on any atom is 0.397 e. The van der Waals surface area contributed by atoms with Crippen LogP contribution in [-0.2, 0) is 28.7 Å². The summed E-state index contributed by atoms with van der Waals surface area (Å²) in [4.78, 5) is 65.9. The third-order valence-corrected chi connectivity index (χ3v) is 7.91. The van der Waals surface area contributed by atoms with Gasteiger partial charge in [-0.25, -0.2) is 19.6 Å². The number of rotatable bonds is 7. The van der Waals surface area contributed by atoms with E-state index in [2.05, 4.69) is 30.6 Å². The van der Waals surface area contributed by atoms with Crippen LogP contribution in [0.4, 0.5) is 0 Å². The Morgan fingerprint density at radius 1 is 0.519 bits per heavy atom. The molecule has 0 saturated heterocycles. The quantitative estimate of drug-likeness (QED) is 0.115. The summed E-state index contributed by atoms with van der Waals surface area (Å²) in [6.07, 6.45) is 3.42. The average molecular weight is 713 g/mol. The summed E-state index contributed by atoms with van der Waals surface area (Å²) in [6, 6.07) is 14.9. The minimum Gasteiger partial charge on any atom is -0.453 e. The first kappa shape index (κ1) is 39.5. The van der Waals surface area contributed by atoms with Crippen LogP contribution >= 0.6 is 0 Å². The Labute approximate surface area is 305 Å². The van der Waals surface area contributed by atoms with E-state index in [-0.39, 0.29) is 0 Å². The van der Waals surface area contributed by atoms with E-state index >= 15 is 0 Å². The van der Waals surface area contributed by atoms with Crippen molar-refractivity contribution in [3.05, 3.63) is 72.6 Å². The Kier molecular flexibility index (Phi) is 11.2. The third kappa shape index (κ3) is 10.4. The minimum atomic E-state index is -0.942. The largest absolute Gasteiger partial charge is 0.453 e. The summed E-state index contributed by atoms with van der Waals surface area (Å²) < 4.78 is 10.5. The van der Waals surface area contributed by atoms with E-state index in [1.807, 2.05) is 90.1 Å². The summed E-state index contributed by atoms with van der Waals surface area (Å²) in [5, 5.41) is 5.58. The molecule has 2 heterocycles. The molecular formula is C40H52N6O6. The molecule has 0 aliphatic carbocycles. The molecule has 2 aromatic carbocycles. The van der Waals surface area contributed by atoms with Gasteiger partial charge in [0.1, 0.15) is 22.9 Å². The van der Waals surface area contributed by atoms with Crippen molar-refractivity contribution in [1.82, 2.24) is 30.6 Å². The molecule has 4 rings (SSSR count). The molecule has 4 aromatic rings. The zero-order chi connectivity index (χ0) is 38.8. The lowest BCUT2D eigenvalue weighted by Crippen LogP contribution is -2.43. The van der Waals surface area contributed by atoms with E-state index in [0.29, 0.717) is 11.6 Å². The zero-order valence-electron chi connectivity index (χ0n) is 32.3. The highest BCUT2D eigenvalue weighted by Crippen LogP contribution is 2.35. The topological polar surface area (TPSA) is 168 Å². The molecule has 52 heavy (non-hydrogen) atoms. The van der Waals surface area contributed by atoms with Gasteiger partial charge in [-0.05, 0) is 74.6 Å². The first-order valence-electron chi connectivity index (χ1n) is 17.3. The van der Waals surface area contributed by atoms with Gasteiger partial charge >= 0.3 is 23.8 Å². The Bertz CT molecular complexity index is 1760. The summed E-state index contributed by atoms with van der Waals surface area (Å²) in [5.41, 5.74) is 2.89. The van der Waals surface area contributed by atoms with Gasteiger partial charge in [0.25, 0.3) is 0 Å². The van der Waals surface area contributed by atoms with Crippen LogP contribution in [0.15, 0.2) is 60.9 Å². The molecule has 0 aliphatic rings. The lowest BCUT2D eigenvalue weighted by atomic mass is 9.86. The first-order valence-corrected chi connectivity index (χ1v) is 17.3. The average Bonchev–Trinajstić information content (AvgIpc) is 3.70. The Morgan fingerprint density at radius 3 is 1.08 bits per heavy atom. The van der Waals surface area contributed by atoms with Gasteiger partial charge < -0.3 is 30.1 Å². The smallest absolute Gasteiger partial charge is 0.397 e. The Morgan fingerprint density at radius 2 is 0.808 bits per heavy atom. The fourth-order valence-electron chi connectivity index (χ4n) is 5.36. The number of esters is 2. The van der Waals surface area contributed by atoms with Crippen LogP contribution in [0, 0.1) is 10.8 Å². The van der Waals surface area contributed by atoms with E-state index < -0.39 is 57.9 Å². The number of imidazole rings is 2. The number of aromatic amines is 2. The van der Waals surface area contributed by atoms with Crippen LogP contribution in [0.1, 0.15) is 107 Å². The number of hydrogen-bond donors (Lipinski definition) is 4. The molecule has 278 valence electrons. The maximum absolute atomic E-state index is 12.7. The van der Waals surface area contributed by atoms with Crippen molar-refractivity contribution in [3.63, 3.8) is 0 Å². The van der Waals surface area contributed by atoms with Crippen LogP contribution in [0.25, 0.3) is 33.6 Å². The molecule has 2 amide bonds. The Hall–Kier alpha value is -5.26. The van der Waals surface area contributed by atoms with Gasteiger partial charge in [-0.1, -0.05) is 90.1 Å². The molecule has 12 nitrogen and oxygen atoms in total. The van der Waals surface area contributed by atoms with Crippen LogP contribution < -0.4 is 10.6 Å². The van der Waals surface area contributed by atoms with Crippen LogP contribution in [0.5, 0.6) is 0 Å². The van der Waals surface area contributed by atoms with Crippen LogP contribution in [-0.4, -0.2) is 54.9 Å². The number of ether oxygens (including phenoxy) is 2. The van der Waals surface area contributed by atoms with Crippen molar-refractivity contribution >= 4 is 23.8 Å². The SMILES string of the molecule is CC(C)(C)OC(=O)C(=O)N[C@H](c1ncc(-c2ccc(-c3ccc(-c4cnc([C@@H](NC(=O)C(=O)OC(C)(C)C)C(C)(C)C)[nH]4)cc3)cc2)[nH]1)C(C)(C)C. The fraction of sp³-hybridized carbons (Fsp3) is 0.450. The van der Waals surface area contributed by atoms with Crippen molar-refractivity contribution < 1.29 is 28.7 Å². The van der Waals surface area contributed by atoms with Gasteiger partial charge in [0.2, 0.25) is 0 Å². The number of H-pyrrole nitrogens is 2.